The number of hydrogen-bond donors (Lipinski definition) is 1. The van der Waals surface area contributed by atoms with Crippen LogP contribution < -0.4 is 15.0 Å². The van der Waals surface area contributed by atoms with Crippen LogP contribution in [0.3, 0.4) is 0 Å². The third kappa shape index (κ3) is 5.41. The molecule has 3 heteroatoms. The highest BCUT2D eigenvalue weighted by Crippen LogP contribution is 2.20. The minimum absolute atomic E-state index is 0.528. The molecule has 0 aliphatic heterocycles. The van der Waals surface area contributed by atoms with Crippen LogP contribution in [0.2, 0.25) is 0 Å². The molecule has 0 spiro atoms. The van der Waals surface area contributed by atoms with Crippen molar-refractivity contribution in [1.82, 2.24) is 5.32 Å². The van der Waals surface area contributed by atoms with Gasteiger partial charge in [0.2, 0.25) is 0 Å². The van der Waals surface area contributed by atoms with E-state index < -0.39 is 0 Å². The first-order chi connectivity index (χ1) is 9.58. The van der Waals surface area contributed by atoms with Gasteiger partial charge in [-0.25, -0.2) is 0 Å². The predicted molar refractivity (Wildman–Crippen MR) is 87.8 cm³/mol. The lowest BCUT2D eigenvalue weighted by atomic mass is 10.1. The molecule has 0 amide bonds. The Morgan fingerprint density at radius 3 is 2.45 bits per heavy atom. The van der Waals surface area contributed by atoms with Crippen molar-refractivity contribution in [3.8, 4) is 5.75 Å². The molecule has 1 unspecified atom stereocenters. The Hall–Kier alpha value is -1.22. The van der Waals surface area contributed by atoms with Gasteiger partial charge in [-0.2, -0.15) is 0 Å². The van der Waals surface area contributed by atoms with Crippen molar-refractivity contribution in [3.05, 3.63) is 24.3 Å². The maximum absolute atomic E-state index is 5.83. The summed E-state index contributed by atoms with van der Waals surface area (Å²) < 4.78 is 5.83. The van der Waals surface area contributed by atoms with Crippen LogP contribution in [0.5, 0.6) is 5.75 Å². The SMILES string of the molecule is CCN(CC)c1cccc(OCCNC(C)C(C)C)c1. The molecule has 1 rings (SSSR count). The van der Waals surface area contributed by atoms with Gasteiger partial charge in [0, 0.05) is 37.4 Å². The summed E-state index contributed by atoms with van der Waals surface area (Å²) in [6, 6.07) is 8.88. The Kier molecular flexibility index (Phi) is 7.45. The normalized spacial score (nSPS) is 12.5. The molecule has 20 heavy (non-hydrogen) atoms. The van der Waals surface area contributed by atoms with Crippen LogP contribution in [0.4, 0.5) is 5.69 Å². The summed E-state index contributed by atoms with van der Waals surface area (Å²) in [5.41, 5.74) is 1.23. The first-order valence-electron chi connectivity index (χ1n) is 7.79. The van der Waals surface area contributed by atoms with Crippen LogP contribution in [-0.4, -0.2) is 32.3 Å². The molecule has 0 aliphatic carbocycles. The van der Waals surface area contributed by atoms with Gasteiger partial charge in [0.1, 0.15) is 12.4 Å². The molecule has 0 bridgehead atoms. The monoisotopic (exact) mass is 278 g/mol. The van der Waals surface area contributed by atoms with Gasteiger partial charge in [-0.05, 0) is 38.8 Å². The third-order valence-corrected chi connectivity index (χ3v) is 3.78. The van der Waals surface area contributed by atoms with E-state index in [0.29, 0.717) is 18.6 Å². The second-order valence-electron chi connectivity index (χ2n) is 5.50. The second-order valence-corrected chi connectivity index (χ2v) is 5.50. The number of rotatable bonds is 9. The van der Waals surface area contributed by atoms with Crippen molar-refractivity contribution in [2.24, 2.45) is 5.92 Å². The Bertz CT molecular complexity index is 375. The molecular formula is C17H30N2O. The Morgan fingerprint density at radius 2 is 1.85 bits per heavy atom. The van der Waals surface area contributed by atoms with Crippen LogP contribution in [0.1, 0.15) is 34.6 Å². The molecule has 3 nitrogen and oxygen atoms in total. The van der Waals surface area contributed by atoms with Crippen molar-refractivity contribution in [3.63, 3.8) is 0 Å². The molecule has 1 atom stereocenters. The first kappa shape index (κ1) is 16.8. The summed E-state index contributed by atoms with van der Waals surface area (Å²) in [5.74, 6) is 1.61. The molecular weight excluding hydrogens is 248 g/mol. The fraction of sp³-hybridized carbons (Fsp3) is 0.647. The predicted octanol–water partition coefficient (Wildman–Crippen LogP) is 3.55. The van der Waals surface area contributed by atoms with Crippen LogP contribution in [0.25, 0.3) is 0 Å². The smallest absolute Gasteiger partial charge is 0.121 e. The van der Waals surface area contributed by atoms with Gasteiger partial charge in [0.15, 0.2) is 0 Å². The molecule has 0 aliphatic rings. The third-order valence-electron chi connectivity index (χ3n) is 3.78. The maximum Gasteiger partial charge on any atom is 0.121 e. The van der Waals surface area contributed by atoms with Crippen LogP contribution in [0.15, 0.2) is 24.3 Å². The van der Waals surface area contributed by atoms with Gasteiger partial charge < -0.3 is 15.0 Å². The molecule has 1 aromatic rings. The fourth-order valence-corrected chi connectivity index (χ4v) is 2.05. The largest absolute Gasteiger partial charge is 0.492 e. The van der Waals surface area contributed by atoms with Crippen molar-refractivity contribution < 1.29 is 4.74 Å². The van der Waals surface area contributed by atoms with Crippen molar-refractivity contribution >= 4 is 5.69 Å². The standard InChI is InChI=1S/C17H30N2O/c1-6-19(7-2)16-9-8-10-17(13-16)20-12-11-18-15(5)14(3)4/h8-10,13-15,18H,6-7,11-12H2,1-5H3. The topological polar surface area (TPSA) is 24.5 Å². The lowest BCUT2D eigenvalue weighted by Gasteiger charge is -2.21. The summed E-state index contributed by atoms with van der Waals surface area (Å²) in [7, 11) is 0. The summed E-state index contributed by atoms with van der Waals surface area (Å²) in [4.78, 5) is 2.33. The van der Waals surface area contributed by atoms with Crippen LogP contribution in [-0.2, 0) is 0 Å². The number of hydrogen-bond acceptors (Lipinski definition) is 3. The van der Waals surface area contributed by atoms with Gasteiger partial charge in [0.25, 0.3) is 0 Å². The van der Waals surface area contributed by atoms with Crippen molar-refractivity contribution in [2.75, 3.05) is 31.1 Å². The van der Waals surface area contributed by atoms with E-state index in [4.69, 9.17) is 4.74 Å². The molecule has 1 N–H and O–H groups in total. The van der Waals surface area contributed by atoms with Gasteiger partial charge >= 0.3 is 0 Å². The van der Waals surface area contributed by atoms with E-state index in [1.54, 1.807) is 0 Å². The van der Waals surface area contributed by atoms with E-state index in [1.807, 2.05) is 6.07 Å². The minimum atomic E-state index is 0.528. The Morgan fingerprint density at radius 1 is 1.15 bits per heavy atom. The zero-order valence-electron chi connectivity index (χ0n) is 13.6. The van der Waals surface area contributed by atoms with Gasteiger partial charge in [-0.1, -0.05) is 19.9 Å². The highest BCUT2D eigenvalue weighted by molar-refractivity contribution is 5.50. The van der Waals surface area contributed by atoms with Gasteiger partial charge in [-0.15, -0.1) is 0 Å². The highest BCUT2D eigenvalue weighted by Gasteiger charge is 2.06. The van der Waals surface area contributed by atoms with Gasteiger partial charge in [0.05, 0.1) is 0 Å². The van der Waals surface area contributed by atoms with E-state index in [-0.39, 0.29) is 0 Å². The zero-order valence-corrected chi connectivity index (χ0v) is 13.6. The molecule has 0 aromatic heterocycles. The van der Waals surface area contributed by atoms with E-state index in [1.165, 1.54) is 5.69 Å². The van der Waals surface area contributed by atoms with Crippen LogP contribution >= 0.6 is 0 Å². The summed E-state index contributed by atoms with van der Waals surface area (Å²) >= 11 is 0. The summed E-state index contributed by atoms with van der Waals surface area (Å²) in [6.45, 7) is 14.7. The molecule has 0 radical (unpaired) electrons. The van der Waals surface area contributed by atoms with Crippen LogP contribution in [0, 0.1) is 5.92 Å². The molecule has 0 saturated carbocycles. The molecule has 0 fully saturated rings. The van der Waals surface area contributed by atoms with Gasteiger partial charge in [-0.3, -0.25) is 0 Å². The maximum atomic E-state index is 5.83. The average molecular weight is 278 g/mol. The second kappa shape index (κ2) is 8.85. The fourth-order valence-electron chi connectivity index (χ4n) is 2.05. The molecule has 0 heterocycles. The zero-order chi connectivity index (χ0) is 15.0. The number of nitrogens with zero attached hydrogens (tertiary/aromatic N) is 1. The van der Waals surface area contributed by atoms with E-state index in [9.17, 15) is 0 Å². The lowest BCUT2D eigenvalue weighted by Crippen LogP contribution is -2.33. The average Bonchev–Trinajstić information content (AvgIpc) is 2.45. The lowest BCUT2D eigenvalue weighted by molar-refractivity contribution is 0.297. The summed E-state index contributed by atoms with van der Waals surface area (Å²) in [5, 5.41) is 3.48. The molecule has 114 valence electrons. The summed E-state index contributed by atoms with van der Waals surface area (Å²) in [6.07, 6.45) is 0. The first-order valence-corrected chi connectivity index (χ1v) is 7.79. The van der Waals surface area contributed by atoms with E-state index >= 15 is 0 Å². The van der Waals surface area contributed by atoms with Crippen molar-refractivity contribution in [2.45, 2.75) is 40.7 Å². The van der Waals surface area contributed by atoms with E-state index in [0.717, 1.165) is 25.4 Å². The number of anilines is 1. The van der Waals surface area contributed by atoms with E-state index in [2.05, 4.69) is 63.0 Å². The molecule has 0 saturated heterocycles. The Labute approximate surface area is 124 Å². The quantitative estimate of drug-likeness (QED) is 0.699. The number of nitrogens with one attached hydrogen (secondary N) is 1. The number of ether oxygens (including phenoxy) is 1. The van der Waals surface area contributed by atoms with Crippen molar-refractivity contribution in [1.29, 1.82) is 0 Å². The molecule has 1 aromatic carbocycles. The highest BCUT2D eigenvalue weighted by atomic mass is 16.5. The minimum Gasteiger partial charge on any atom is -0.492 e. The Balaban J connectivity index is 2.43. The number of benzene rings is 1.